The quantitative estimate of drug-likeness (QED) is 0.333. The van der Waals surface area contributed by atoms with Gasteiger partial charge in [0.25, 0.3) is 5.91 Å². The van der Waals surface area contributed by atoms with Gasteiger partial charge in [-0.05, 0) is 110 Å². The molecule has 4 unspecified atom stereocenters. The molecule has 3 aromatic carbocycles. The molecule has 0 radical (unpaired) electrons. The van der Waals surface area contributed by atoms with Crippen LogP contribution in [0.3, 0.4) is 0 Å². The van der Waals surface area contributed by atoms with Gasteiger partial charge in [-0.25, -0.2) is 9.18 Å². The van der Waals surface area contributed by atoms with Crippen LogP contribution in [0.5, 0.6) is 0 Å². The molecule has 2 amide bonds. The third-order valence-electron chi connectivity index (χ3n) is 9.70. The number of halogens is 1. The summed E-state index contributed by atoms with van der Waals surface area (Å²) in [5.74, 6) is 0.214. The summed E-state index contributed by atoms with van der Waals surface area (Å²) in [4.78, 5) is 40.4. The SMILES string of the molecule is COC(=O)c1ccc(-c2ccc(C(=O)NC34CC(C)CC(CC(C)(NCC(=O)N5Cc6ccc(F)cc6C5)C3)C4)cc2)cc1. The first-order valence-corrected chi connectivity index (χ1v) is 15.5. The van der Waals surface area contributed by atoms with E-state index in [1.807, 2.05) is 36.4 Å². The van der Waals surface area contributed by atoms with Crippen molar-refractivity contribution >= 4 is 17.8 Å². The molecule has 1 heterocycles. The van der Waals surface area contributed by atoms with Crippen molar-refractivity contribution in [2.75, 3.05) is 13.7 Å². The van der Waals surface area contributed by atoms with E-state index < -0.39 is 0 Å². The second-order valence-corrected chi connectivity index (χ2v) is 13.5. The van der Waals surface area contributed by atoms with Gasteiger partial charge in [-0.3, -0.25) is 9.59 Å². The number of carbonyl (C=O) groups excluding carboxylic acids is 3. The molecule has 2 saturated carbocycles. The number of hydrogen-bond donors (Lipinski definition) is 2. The molecule has 8 heteroatoms. The van der Waals surface area contributed by atoms with E-state index in [2.05, 4.69) is 24.5 Å². The van der Waals surface area contributed by atoms with Crippen LogP contribution < -0.4 is 10.6 Å². The summed E-state index contributed by atoms with van der Waals surface area (Å²) < 4.78 is 18.5. The highest BCUT2D eigenvalue weighted by Crippen LogP contribution is 2.49. The largest absolute Gasteiger partial charge is 0.465 e. The van der Waals surface area contributed by atoms with E-state index in [0.29, 0.717) is 36.1 Å². The fraction of sp³-hybridized carbons (Fsp3) is 0.417. The van der Waals surface area contributed by atoms with Crippen LogP contribution in [0, 0.1) is 17.7 Å². The summed E-state index contributed by atoms with van der Waals surface area (Å²) in [7, 11) is 1.36. The van der Waals surface area contributed by atoms with E-state index in [4.69, 9.17) is 4.74 Å². The van der Waals surface area contributed by atoms with Gasteiger partial charge in [-0.2, -0.15) is 0 Å². The van der Waals surface area contributed by atoms with Crippen molar-refractivity contribution in [1.82, 2.24) is 15.5 Å². The maximum absolute atomic E-state index is 13.7. The van der Waals surface area contributed by atoms with Gasteiger partial charge >= 0.3 is 5.97 Å². The fourth-order valence-corrected chi connectivity index (χ4v) is 8.06. The molecule has 2 fully saturated rings. The molecule has 230 valence electrons. The van der Waals surface area contributed by atoms with Crippen LogP contribution in [-0.4, -0.2) is 47.4 Å². The lowest BCUT2D eigenvalue weighted by molar-refractivity contribution is -0.131. The van der Waals surface area contributed by atoms with Crippen molar-refractivity contribution in [3.05, 3.63) is 94.8 Å². The zero-order valence-electron chi connectivity index (χ0n) is 25.6. The number of fused-ring (bicyclic) bond motifs is 3. The van der Waals surface area contributed by atoms with Gasteiger partial charge in [-0.15, -0.1) is 0 Å². The molecule has 2 aliphatic carbocycles. The molecule has 2 N–H and O–H groups in total. The lowest BCUT2D eigenvalue weighted by atomic mass is 9.58. The smallest absolute Gasteiger partial charge is 0.337 e. The van der Waals surface area contributed by atoms with Gasteiger partial charge in [0.15, 0.2) is 0 Å². The van der Waals surface area contributed by atoms with Crippen molar-refractivity contribution in [2.24, 2.45) is 11.8 Å². The molecular weight excluding hydrogens is 557 g/mol. The summed E-state index contributed by atoms with van der Waals surface area (Å²) in [6.45, 7) is 5.59. The number of esters is 1. The number of nitrogens with one attached hydrogen (secondary N) is 2. The van der Waals surface area contributed by atoms with Crippen molar-refractivity contribution in [3.8, 4) is 11.1 Å². The van der Waals surface area contributed by atoms with Crippen LogP contribution >= 0.6 is 0 Å². The minimum atomic E-state index is -0.377. The van der Waals surface area contributed by atoms with E-state index in [-0.39, 0.29) is 41.2 Å². The van der Waals surface area contributed by atoms with Crippen molar-refractivity contribution < 1.29 is 23.5 Å². The van der Waals surface area contributed by atoms with E-state index in [1.165, 1.54) is 19.2 Å². The number of carbonyl (C=O) groups is 3. The molecule has 3 aliphatic rings. The molecule has 1 aliphatic heterocycles. The maximum Gasteiger partial charge on any atom is 0.337 e. The zero-order valence-corrected chi connectivity index (χ0v) is 25.6. The average molecular weight is 598 g/mol. The number of benzene rings is 3. The molecule has 44 heavy (non-hydrogen) atoms. The maximum atomic E-state index is 13.7. The summed E-state index contributed by atoms with van der Waals surface area (Å²) in [5.41, 5.74) is 4.20. The Hall–Kier alpha value is -4.04. The molecule has 3 aromatic rings. The molecule has 2 bridgehead atoms. The van der Waals surface area contributed by atoms with Gasteiger partial charge < -0.3 is 20.3 Å². The summed E-state index contributed by atoms with van der Waals surface area (Å²) in [5, 5.41) is 7.04. The standard InChI is InChI=1S/C36H40FN3O4/c1-23-14-24-17-35(2,38-19-32(41)40-20-29-12-13-31(37)15-30(29)21-40)22-36(16-23,18-24)39-33(42)27-8-4-25(5-9-27)26-6-10-28(11-7-26)34(43)44-3/h4-13,15,23-24,38H,14,16-22H2,1-3H3,(H,39,42). The van der Waals surface area contributed by atoms with Crippen LogP contribution in [0.1, 0.15) is 77.8 Å². The summed E-state index contributed by atoms with van der Waals surface area (Å²) in [6, 6.07) is 19.5. The van der Waals surface area contributed by atoms with Crippen molar-refractivity contribution in [3.63, 3.8) is 0 Å². The number of hydrogen-bond acceptors (Lipinski definition) is 5. The third-order valence-corrected chi connectivity index (χ3v) is 9.70. The van der Waals surface area contributed by atoms with Crippen LogP contribution in [-0.2, 0) is 22.6 Å². The van der Waals surface area contributed by atoms with Gasteiger partial charge in [0, 0.05) is 29.7 Å². The van der Waals surface area contributed by atoms with Gasteiger partial charge in [0.1, 0.15) is 5.82 Å². The van der Waals surface area contributed by atoms with E-state index >= 15 is 0 Å². The molecule has 0 saturated heterocycles. The van der Waals surface area contributed by atoms with Crippen LogP contribution in [0.4, 0.5) is 4.39 Å². The molecule has 0 spiro atoms. The predicted molar refractivity (Wildman–Crippen MR) is 166 cm³/mol. The first kappa shape index (κ1) is 30.0. The van der Waals surface area contributed by atoms with Crippen molar-refractivity contribution in [1.29, 1.82) is 0 Å². The Labute approximate surface area is 258 Å². The number of rotatable bonds is 7. The summed E-state index contributed by atoms with van der Waals surface area (Å²) in [6.07, 6.45) is 4.65. The van der Waals surface area contributed by atoms with Gasteiger partial charge in [-0.1, -0.05) is 37.3 Å². The number of nitrogens with zero attached hydrogens (tertiary/aromatic N) is 1. The summed E-state index contributed by atoms with van der Waals surface area (Å²) >= 11 is 0. The van der Waals surface area contributed by atoms with E-state index in [0.717, 1.165) is 54.4 Å². The Balaban J connectivity index is 1.11. The van der Waals surface area contributed by atoms with Crippen LogP contribution in [0.15, 0.2) is 66.7 Å². The Kier molecular flexibility index (Phi) is 8.05. The van der Waals surface area contributed by atoms with Gasteiger partial charge in [0.2, 0.25) is 5.91 Å². The lowest BCUT2D eigenvalue weighted by Crippen LogP contribution is -2.64. The Morgan fingerprint density at radius 3 is 2.25 bits per heavy atom. The number of amides is 2. The Bertz CT molecular complexity index is 1570. The first-order chi connectivity index (χ1) is 21.0. The highest BCUT2D eigenvalue weighted by Gasteiger charge is 2.50. The van der Waals surface area contributed by atoms with Gasteiger partial charge in [0.05, 0.1) is 19.2 Å². The van der Waals surface area contributed by atoms with Crippen LogP contribution in [0.2, 0.25) is 0 Å². The fourth-order valence-electron chi connectivity index (χ4n) is 8.06. The van der Waals surface area contributed by atoms with Crippen LogP contribution in [0.25, 0.3) is 11.1 Å². The Morgan fingerprint density at radius 1 is 0.909 bits per heavy atom. The molecule has 0 aromatic heterocycles. The predicted octanol–water partition coefficient (Wildman–Crippen LogP) is 5.87. The number of methoxy groups -OCH3 is 1. The minimum Gasteiger partial charge on any atom is -0.465 e. The highest BCUT2D eigenvalue weighted by atomic mass is 19.1. The first-order valence-electron chi connectivity index (χ1n) is 15.5. The van der Waals surface area contributed by atoms with E-state index in [1.54, 1.807) is 23.1 Å². The second kappa shape index (κ2) is 11.8. The van der Waals surface area contributed by atoms with E-state index in [9.17, 15) is 18.8 Å². The monoisotopic (exact) mass is 597 g/mol. The second-order valence-electron chi connectivity index (χ2n) is 13.5. The number of ether oxygens (including phenoxy) is 1. The highest BCUT2D eigenvalue weighted by molar-refractivity contribution is 5.95. The average Bonchev–Trinajstić information content (AvgIpc) is 3.42. The molecule has 7 nitrogen and oxygen atoms in total. The minimum absolute atomic E-state index is 0.00467. The zero-order chi connectivity index (χ0) is 31.1. The molecular formula is C36H40FN3O4. The lowest BCUT2D eigenvalue weighted by Gasteiger charge is -2.55. The Morgan fingerprint density at radius 2 is 1.57 bits per heavy atom. The molecule has 6 rings (SSSR count). The van der Waals surface area contributed by atoms with Crippen molar-refractivity contribution in [2.45, 2.75) is 70.1 Å². The normalized spacial score (nSPS) is 25.7. The topological polar surface area (TPSA) is 87.7 Å². The third kappa shape index (κ3) is 6.27. The molecule has 4 atom stereocenters.